The molecule has 1 aliphatic rings. The Morgan fingerprint density at radius 2 is 1.71 bits per heavy atom. The van der Waals surface area contributed by atoms with Crippen molar-refractivity contribution in [2.24, 2.45) is 7.05 Å². The fourth-order valence-corrected chi connectivity index (χ4v) is 4.34. The van der Waals surface area contributed by atoms with Gasteiger partial charge < -0.3 is 9.47 Å². The molecule has 28 heavy (non-hydrogen) atoms. The number of rotatable bonds is 3. The van der Waals surface area contributed by atoms with Gasteiger partial charge >= 0.3 is 0 Å². The average molecular weight is 415 g/mol. The van der Waals surface area contributed by atoms with Crippen LogP contribution in [-0.4, -0.2) is 34.2 Å². The quantitative estimate of drug-likeness (QED) is 0.428. The third-order valence-corrected chi connectivity index (χ3v) is 5.86. The molecule has 0 N–H and O–H groups in total. The van der Waals surface area contributed by atoms with Gasteiger partial charge in [0.05, 0.1) is 5.56 Å². The summed E-state index contributed by atoms with van der Waals surface area (Å²) in [6.07, 6.45) is 4.75. The second kappa shape index (κ2) is 7.61. The van der Waals surface area contributed by atoms with Crippen LogP contribution in [0.3, 0.4) is 0 Å². The minimum atomic E-state index is -0.452. The first-order chi connectivity index (χ1) is 13.5. The van der Waals surface area contributed by atoms with E-state index in [1.165, 1.54) is 0 Å². The van der Waals surface area contributed by atoms with E-state index >= 15 is 0 Å². The second-order valence-electron chi connectivity index (χ2n) is 7.19. The van der Waals surface area contributed by atoms with E-state index in [4.69, 9.17) is 23.2 Å². The maximum atomic E-state index is 13.0. The van der Waals surface area contributed by atoms with Crippen LogP contribution in [0.5, 0.6) is 0 Å². The van der Waals surface area contributed by atoms with Gasteiger partial charge in [-0.25, -0.2) is 0 Å². The van der Waals surface area contributed by atoms with Crippen molar-refractivity contribution in [1.82, 2.24) is 9.47 Å². The van der Waals surface area contributed by atoms with Crippen LogP contribution in [0.25, 0.3) is 22.0 Å². The second-order valence-corrected chi connectivity index (χ2v) is 8.04. The first-order valence-corrected chi connectivity index (χ1v) is 10.1. The van der Waals surface area contributed by atoms with Crippen LogP contribution in [0.4, 0.5) is 0 Å². The Morgan fingerprint density at radius 3 is 2.43 bits per heavy atom. The van der Waals surface area contributed by atoms with Gasteiger partial charge in [-0.3, -0.25) is 9.59 Å². The summed E-state index contributed by atoms with van der Waals surface area (Å²) in [7, 11) is 1.87. The zero-order chi connectivity index (χ0) is 19.8. The zero-order valence-electron chi connectivity index (χ0n) is 15.5. The highest BCUT2D eigenvalue weighted by molar-refractivity contribution is 6.45. The molecule has 0 radical (unpaired) electrons. The Kier molecular flexibility index (Phi) is 5.17. The molecule has 0 aliphatic carbocycles. The molecule has 3 aromatic rings. The summed E-state index contributed by atoms with van der Waals surface area (Å²) in [4.78, 5) is 27.4. The Bertz CT molecular complexity index is 1080. The number of aryl methyl sites for hydroxylation is 1. The van der Waals surface area contributed by atoms with Crippen molar-refractivity contribution >= 4 is 45.8 Å². The van der Waals surface area contributed by atoms with Gasteiger partial charge in [0.1, 0.15) is 0 Å². The standard InChI is InChI=1S/C22H20Cl2N2O2/c1-25-13-18(21(27)22(28)26-9-3-2-4-10-26)17-11-14(5-8-20(17)25)16-7-6-15(23)12-19(16)24/h5-8,11-13H,2-4,9-10H2,1H3. The van der Waals surface area contributed by atoms with Crippen LogP contribution in [0.15, 0.2) is 42.6 Å². The van der Waals surface area contributed by atoms with Crippen molar-refractivity contribution in [2.45, 2.75) is 19.3 Å². The number of halogens is 2. The van der Waals surface area contributed by atoms with Gasteiger partial charge in [-0.2, -0.15) is 0 Å². The molecule has 4 rings (SSSR count). The van der Waals surface area contributed by atoms with Crippen molar-refractivity contribution in [3.8, 4) is 11.1 Å². The molecule has 1 saturated heterocycles. The first-order valence-electron chi connectivity index (χ1n) is 9.34. The number of fused-ring (bicyclic) bond motifs is 1. The maximum absolute atomic E-state index is 13.0. The predicted octanol–water partition coefficient (Wildman–Crippen LogP) is 5.35. The normalized spacial score (nSPS) is 14.5. The first kappa shape index (κ1) is 19.0. The molecular formula is C22H20Cl2N2O2. The van der Waals surface area contributed by atoms with E-state index in [2.05, 4.69) is 0 Å². The summed E-state index contributed by atoms with van der Waals surface area (Å²) in [5.41, 5.74) is 3.03. The number of hydrogen-bond acceptors (Lipinski definition) is 2. The van der Waals surface area contributed by atoms with E-state index in [0.29, 0.717) is 28.7 Å². The topological polar surface area (TPSA) is 42.3 Å². The monoisotopic (exact) mass is 414 g/mol. The van der Waals surface area contributed by atoms with Gasteiger partial charge in [-0.1, -0.05) is 35.3 Å². The highest BCUT2D eigenvalue weighted by atomic mass is 35.5. The lowest BCUT2D eigenvalue weighted by atomic mass is 10.0. The van der Waals surface area contributed by atoms with Crippen molar-refractivity contribution in [1.29, 1.82) is 0 Å². The average Bonchev–Trinajstić information content (AvgIpc) is 3.03. The number of carbonyl (C=O) groups is 2. The van der Waals surface area contributed by atoms with Crippen LogP contribution >= 0.6 is 23.2 Å². The molecule has 1 aromatic heterocycles. The molecule has 0 atom stereocenters. The van der Waals surface area contributed by atoms with Crippen molar-refractivity contribution in [2.75, 3.05) is 13.1 Å². The third-order valence-electron chi connectivity index (χ3n) is 5.31. The summed E-state index contributed by atoms with van der Waals surface area (Å²) in [5.74, 6) is -0.867. The number of carbonyl (C=O) groups excluding carboxylic acids is 2. The lowest BCUT2D eigenvalue weighted by Gasteiger charge is -2.25. The zero-order valence-corrected chi connectivity index (χ0v) is 17.1. The summed E-state index contributed by atoms with van der Waals surface area (Å²) in [6, 6.07) is 11.1. The van der Waals surface area contributed by atoms with E-state index in [1.807, 2.05) is 35.9 Å². The van der Waals surface area contributed by atoms with Crippen LogP contribution in [-0.2, 0) is 11.8 Å². The number of nitrogens with zero attached hydrogens (tertiary/aromatic N) is 2. The minimum absolute atomic E-state index is 0.415. The Morgan fingerprint density at radius 1 is 0.964 bits per heavy atom. The molecule has 1 amide bonds. The molecule has 2 heterocycles. The SMILES string of the molecule is Cn1cc(C(=O)C(=O)N2CCCCC2)c2cc(-c3ccc(Cl)cc3Cl)ccc21. The van der Waals surface area contributed by atoms with Crippen LogP contribution in [0.2, 0.25) is 10.0 Å². The van der Waals surface area contributed by atoms with Crippen LogP contribution < -0.4 is 0 Å². The lowest BCUT2D eigenvalue weighted by molar-refractivity contribution is -0.127. The third kappa shape index (κ3) is 3.43. The maximum Gasteiger partial charge on any atom is 0.295 e. The van der Waals surface area contributed by atoms with Crippen molar-refractivity contribution in [3.63, 3.8) is 0 Å². The van der Waals surface area contributed by atoms with E-state index < -0.39 is 11.7 Å². The van der Waals surface area contributed by atoms with Gasteiger partial charge in [0.2, 0.25) is 0 Å². The molecule has 144 valence electrons. The largest absolute Gasteiger partial charge is 0.350 e. The summed E-state index contributed by atoms with van der Waals surface area (Å²) >= 11 is 12.4. The molecule has 0 saturated carbocycles. The fourth-order valence-electron chi connectivity index (χ4n) is 3.82. The molecule has 1 fully saturated rings. The van der Waals surface area contributed by atoms with Crippen LogP contribution in [0, 0.1) is 0 Å². The molecular weight excluding hydrogens is 395 g/mol. The number of ketones is 1. The Hall–Kier alpha value is -2.30. The lowest BCUT2D eigenvalue weighted by Crippen LogP contribution is -2.40. The summed E-state index contributed by atoms with van der Waals surface area (Å²) < 4.78 is 1.87. The Balaban J connectivity index is 1.76. The number of likely N-dealkylation sites (tertiary alicyclic amines) is 1. The number of hydrogen-bond donors (Lipinski definition) is 0. The molecule has 0 spiro atoms. The molecule has 0 bridgehead atoms. The highest BCUT2D eigenvalue weighted by Gasteiger charge is 2.27. The highest BCUT2D eigenvalue weighted by Crippen LogP contribution is 2.33. The van der Waals surface area contributed by atoms with Gasteiger partial charge in [0.25, 0.3) is 11.7 Å². The van der Waals surface area contributed by atoms with E-state index in [9.17, 15) is 9.59 Å². The van der Waals surface area contributed by atoms with E-state index in [0.717, 1.165) is 41.3 Å². The van der Waals surface area contributed by atoms with Crippen LogP contribution in [0.1, 0.15) is 29.6 Å². The van der Waals surface area contributed by atoms with Gasteiger partial charge in [0.15, 0.2) is 0 Å². The fraction of sp³-hybridized carbons (Fsp3) is 0.273. The van der Waals surface area contributed by atoms with Gasteiger partial charge in [0, 0.05) is 52.8 Å². The molecule has 0 unspecified atom stereocenters. The smallest absolute Gasteiger partial charge is 0.295 e. The summed E-state index contributed by atoms with van der Waals surface area (Å²) in [5, 5.41) is 1.86. The molecule has 1 aliphatic heterocycles. The Labute approximate surface area is 173 Å². The van der Waals surface area contributed by atoms with Crippen molar-refractivity contribution < 1.29 is 9.59 Å². The predicted molar refractivity (Wildman–Crippen MR) is 113 cm³/mol. The molecule has 2 aromatic carbocycles. The van der Waals surface area contributed by atoms with E-state index in [1.54, 1.807) is 23.2 Å². The van der Waals surface area contributed by atoms with E-state index in [-0.39, 0.29) is 0 Å². The number of piperidine rings is 1. The number of amides is 1. The summed E-state index contributed by atoms with van der Waals surface area (Å²) in [6.45, 7) is 1.31. The van der Waals surface area contributed by atoms with Gasteiger partial charge in [-0.15, -0.1) is 0 Å². The number of aromatic nitrogens is 1. The van der Waals surface area contributed by atoms with Crippen molar-refractivity contribution in [3.05, 3.63) is 58.2 Å². The molecule has 6 heteroatoms. The molecule has 4 nitrogen and oxygen atoms in total. The minimum Gasteiger partial charge on any atom is -0.350 e. The van der Waals surface area contributed by atoms with Gasteiger partial charge in [-0.05, 0) is 49.1 Å². The number of benzene rings is 2. The number of Topliss-reactive ketones (excluding diaryl/α,β-unsaturated/α-hetero) is 1.